The van der Waals surface area contributed by atoms with E-state index in [1.54, 1.807) is 11.3 Å². The molecule has 2 aromatic rings. The van der Waals surface area contributed by atoms with Gasteiger partial charge in [-0.1, -0.05) is 25.1 Å². The summed E-state index contributed by atoms with van der Waals surface area (Å²) < 4.78 is 0.661. The summed E-state index contributed by atoms with van der Waals surface area (Å²) in [4.78, 5) is 12.0. The van der Waals surface area contributed by atoms with E-state index in [-0.39, 0.29) is 0 Å². The summed E-state index contributed by atoms with van der Waals surface area (Å²) in [6.07, 6.45) is 5.15. The fourth-order valence-corrected chi connectivity index (χ4v) is 3.14. The number of thiazole rings is 1. The summed E-state index contributed by atoms with van der Waals surface area (Å²) in [6, 6.07) is 2.00. The van der Waals surface area contributed by atoms with Gasteiger partial charge in [0, 0.05) is 11.1 Å². The lowest BCUT2D eigenvalue weighted by Gasteiger charge is -2.10. The van der Waals surface area contributed by atoms with Gasteiger partial charge < -0.3 is 4.98 Å². The molecule has 0 spiro atoms. The zero-order valence-electron chi connectivity index (χ0n) is 9.35. The topological polar surface area (TPSA) is 41.6 Å². The van der Waals surface area contributed by atoms with Crippen molar-refractivity contribution in [2.75, 3.05) is 0 Å². The van der Waals surface area contributed by atoms with Crippen molar-refractivity contribution < 1.29 is 0 Å². The van der Waals surface area contributed by atoms with Gasteiger partial charge in [-0.2, -0.15) is 0 Å². The lowest BCUT2D eigenvalue weighted by molar-refractivity contribution is 0.694. The van der Waals surface area contributed by atoms with Crippen LogP contribution in [0.2, 0.25) is 0 Å². The maximum Gasteiger partial charge on any atom is 0.158 e. The Balaban J connectivity index is 2.03. The molecule has 3 rings (SSSR count). The molecule has 0 atom stereocenters. The van der Waals surface area contributed by atoms with Crippen molar-refractivity contribution >= 4 is 23.6 Å². The lowest BCUT2D eigenvalue weighted by Crippen LogP contribution is -2.00. The van der Waals surface area contributed by atoms with Crippen molar-refractivity contribution in [3.8, 4) is 11.5 Å². The van der Waals surface area contributed by atoms with E-state index in [1.165, 1.54) is 31.4 Å². The highest BCUT2D eigenvalue weighted by Crippen LogP contribution is 2.33. The predicted molar refractivity (Wildman–Crippen MR) is 71.7 cm³/mol. The second-order valence-electron chi connectivity index (χ2n) is 4.38. The van der Waals surface area contributed by atoms with Crippen molar-refractivity contribution in [2.45, 2.75) is 31.6 Å². The van der Waals surface area contributed by atoms with Gasteiger partial charge >= 0.3 is 0 Å². The number of hydrogen-bond donors (Lipinski definition) is 1. The number of hydrogen-bond acceptors (Lipinski definition) is 4. The van der Waals surface area contributed by atoms with Crippen LogP contribution in [0.1, 0.15) is 37.3 Å². The number of H-pyrrole nitrogens is 1. The molecule has 3 nitrogen and oxygen atoms in total. The molecule has 0 amide bonds. The minimum Gasteiger partial charge on any atom is -0.342 e. The van der Waals surface area contributed by atoms with Gasteiger partial charge in [-0.05, 0) is 24.8 Å². The first-order valence-corrected chi connectivity index (χ1v) is 7.18. The Morgan fingerprint density at radius 3 is 2.88 bits per heavy atom. The summed E-state index contributed by atoms with van der Waals surface area (Å²) in [7, 11) is 0. The second kappa shape index (κ2) is 4.66. The first kappa shape index (κ1) is 11.0. The summed E-state index contributed by atoms with van der Waals surface area (Å²) in [6.45, 7) is 0. The molecule has 0 bridgehead atoms. The molecule has 1 aliphatic carbocycles. The van der Waals surface area contributed by atoms with Crippen LogP contribution in [0, 0.1) is 4.64 Å². The molecule has 0 saturated heterocycles. The maximum absolute atomic E-state index is 5.24. The molecule has 0 aromatic carbocycles. The third kappa shape index (κ3) is 2.30. The van der Waals surface area contributed by atoms with Crippen molar-refractivity contribution in [3.05, 3.63) is 27.3 Å². The van der Waals surface area contributed by atoms with E-state index in [2.05, 4.69) is 15.0 Å². The van der Waals surface area contributed by atoms with Gasteiger partial charge in [-0.15, -0.1) is 11.3 Å². The molecule has 1 N–H and O–H groups in total. The molecular formula is C12H13N3S2. The van der Waals surface area contributed by atoms with Crippen LogP contribution in [-0.2, 0) is 0 Å². The monoisotopic (exact) mass is 263 g/mol. The van der Waals surface area contributed by atoms with Crippen LogP contribution >= 0.6 is 23.6 Å². The lowest BCUT2D eigenvalue weighted by atomic mass is 10.0. The van der Waals surface area contributed by atoms with E-state index in [4.69, 9.17) is 12.2 Å². The zero-order valence-corrected chi connectivity index (χ0v) is 11.0. The first-order valence-electron chi connectivity index (χ1n) is 5.83. The number of aromatic nitrogens is 3. The highest BCUT2D eigenvalue weighted by Gasteiger charge is 2.18. The number of nitrogens with zero attached hydrogens (tertiary/aromatic N) is 2. The fourth-order valence-electron chi connectivity index (χ4n) is 2.38. The van der Waals surface area contributed by atoms with Gasteiger partial charge in [0.2, 0.25) is 0 Å². The minimum atomic E-state index is 0.622. The summed E-state index contributed by atoms with van der Waals surface area (Å²) in [5.74, 6) is 1.43. The van der Waals surface area contributed by atoms with E-state index >= 15 is 0 Å². The first-order chi connectivity index (χ1) is 8.33. The van der Waals surface area contributed by atoms with Crippen molar-refractivity contribution in [1.82, 2.24) is 15.0 Å². The smallest absolute Gasteiger partial charge is 0.158 e. The van der Waals surface area contributed by atoms with Crippen LogP contribution in [0.3, 0.4) is 0 Å². The molecule has 1 aliphatic rings. The van der Waals surface area contributed by atoms with Crippen LogP contribution in [-0.4, -0.2) is 15.0 Å². The number of aromatic amines is 1. The average Bonchev–Trinajstić information content (AvgIpc) is 3.02. The zero-order chi connectivity index (χ0) is 11.7. The molecule has 0 aliphatic heterocycles. The molecule has 88 valence electrons. The number of nitrogens with one attached hydrogen (secondary N) is 1. The van der Waals surface area contributed by atoms with E-state index in [0.717, 1.165) is 11.5 Å². The Hall–Kier alpha value is -1.07. The largest absolute Gasteiger partial charge is 0.342 e. The van der Waals surface area contributed by atoms with Crippen LogP contribution in [0.5, 0.6) is 0 Å². The third-order valence-electron chi connectivity index (χ3n) is 3.23. The summed E-state index contributed by atoms with van der Waals surface area (Å²) in [5, 5.41) is 1.99. The molecule has 17 heavy (non-hydrogen) atoms. The highest BCUT2D eigenvalue weighted by molar-refractivity contribution is 7.71. The van der Waals surface area contributed by atoms with E-state index in [0.29, 0.717) is 10.6 Å². The molecule has 0 radical (unpaired) electrons. The van der Waals surface area contributed by atoms with Gasteiger partial charge in [0.25, 0.3) is 0 Å². The van der Waals surface area contributed by atoms with Crippen LogP contribution in [0.25, 0.3) is 11.5 Å². The van der Waals surface area contributed by atoms with Gasteiger partial charge in [0.1, 0.15) is 10.3 Å². The quantitative estimate of drug-likeness (QED) is 0.835. The Labute approximate surface area is 109 Å². The molecule has 2 heterocycles. The fraction of sp³-hybridized carbons (Fsp3) is 0.417. The minimum absolute atomic E-state index is 0.622. The molecule has 1 saturated carbocycles. The van der Waals surface area contributed by atoms with E-state index in [9.17, 15) is 0 Å². The Kier molecular flexibility index (Phi) is 3.03. The van der Waals surface area contributed by atoms with Crippen LogP contribution in [0.15, 0.2) is 17.0 Å². The Bertz CT molecular complexity index is 553. The van der Waals surface area contributed by atoms with E-state index in [1.807, 2.05) is 17.0 Å². The Morgan fingerprint density at radius 2 is 2.18 bits per heavy atom. The standard InChI is InChI=1S/C12H13N3S2/c16-11-5-9(8-3-1-2-4-8)14-12(15-11)10-6-17-7-13-10/h5-8H,1-4H2,(H,14,15,16). The second-order valence-corrected chi connectivity index (χ2v) is 5.52. The SMILES string of the molecule is S=c1cc(C2CCCC2)[nH]c(-c2cscn2)n1. The third-order valence-corrected chi connectivity index (χ3v) is 4.03. The highest BCUT2D eigenvalue weighted by atomic mass is 32.1. The summed E-state index contributed by atoms with van der Waals surface area (Å²) >= 11 is 6.81. The van der Waals surface area contributed by atoms with Gasteiger partial charge in [-0.3, -0.25) is 0 Å². The molecule has 1 fully saturated rings. The maximum atomic E-state index is 5.24. The molecule has 2 aromatic heterocycles. The van der Waals surface area contributed by atoms with Crippen molar-refractivity contribution in [2.24, 2.45) is 0 Å². The number of rotatable bonds is 2. The van der Waals surface area contributed by atoms with Gasteiger partial charge in [0.05, 0.1) is 5.51 Å². The predicted octanol–water partition coefficient (Wildman–Crippen LogP) is 3.92. The van der Waals surface area contributed by atoms with Crippen LogP contribution < -0.4 is 0 Å². The van der Waals surface area contributed by atoms with E-state index < -0.39 is 0 Å². The van der Waals surface area contributed by atoms with Gasteiger partial charge in [0.15, 0.2) is 5.82 Å². The average molecular weight is 263 g/mol. The molecule has 5 heteroatoms. The van der Waals surface area contributed by atoms with Crippen molar-refractivity contribution in [1.29, 1.82) is 0 Å². The van der Waals surface area contributed by atoms with Gasteiger partial charge in [-0.25, -0.2) is 9.97 Å². The summed E-state index contributed by atoms with van der Waals surface area (Å²) in [5.41, 5.74) is 3.93. The Morgan fingerprint density at radius 1 is 1.35 bits per heavy atom. The molecule has 0 unspecified atom stereocenters. The van der Waals surface area contributed by atoms with Crippen molar-refractivity contribution in [3.63, 3.8) is 0 Å². The normalized spacial score (nSPS) is 16.5. The van der Waals surface area contributed by atoms with Crippen LogP contribution in [0.4, 0.5) is 0 Å². The molecular weight excluding hydrogens is 250 g/mol.